The molecule has 0 spiro atoms. The first-order chi connectivity index (χ1) is 7.72. The second kappa shape index (κ2) is 5.13. The van der Waals surface area contributed by atoms with Crippen molar-refractivity contribution in [2.24, 2.45) is 0 Å². The highest BCUT2D eigenvalue weighted by atomic mass is 32.2. The van der Waals surface area contributed by atoms with Crippen molar-refractivity contribution >= 4 is 27.3 Å². The smallest absolute Gasteiger partial charge is 0.396 e. The number of nitrogen functional groups attached to an aromatic ring is 1. The SMILES string of the molecule is Nc1cccnc1S(=O)(=O)CCSC(F)(F)F. The minimum atomic E-state index is -4.44. The number of rotatable bonds is 4. The van der Waals surface area contributed by atoms with E-state index in [0.717, 1.165) is 0 Å². The van der Waals surface area contributed by atoms with Gasteiger partial charge in [-0.15, -0.1) is 0 Å². The van der Waals surface area contributed by atoms with E-state index in [4.69, 9.17) is 5.73 Å². The minimum Gasteiger partial charge on any atom is -0.396 e. The van der Waals surface area contributed by atoms with Gasteiger partial charge >= 0.3 is 5.51 Å². The maximum Gasteiger partial charge on any atom is 0.441 e. The quantitative estimate of drug-likeness (QED) is 0.911. The second-order valence-electron chi connectivity index (χ2n) is 3.01. The highest BCUT2D eigenvalue weighted by molar-refractivity contribution is 8.01. The summed E-state index contributed by atoms with van der Waals surface area (Å²) in [7, 11) is -3.87. The fourth-order valence-electron chi connectivity index (χ4n) is 1.03. The molecule has 9 heteroatoms. The monoisotopic (exact) mass is 286 g/mol. The minimum absolute atomic E-state index is 0.0653. The van der Waals surface area contributed by atoms with Gasteiger partial charge in [0.25, 0.3) is 0 Å². The third kappa shape index (κ3) is 4.43. The summed E-state index contributed by atoms with van der Waals surface area (Å²) < 4.78 is 58.8. The summed E-state index contributed by atoms with van der Waals surface area (Å²) in [4.78, 5) is 3.56. The molecule has 1 aromatic heterocycles. The van der Waals surface area contributed by atoms with Crippen molar-refractivity contribution in [2.75, 3.05) is 17.2 Å². The number of anilines is 1. The van der Waals surface area contributed by atoms with Gasteiger partial charge in [0.2, 0.25) is 0 Å². The van der Waals surface area contributed by atoms with Crippen LogP contribution >= 0.6 is 11.8 Å². The molecule has 0 bridgehead atoms. The van der Waals surface area contributed by atoms with Gasteiger partial charge in [0.15, 0.2) is 14.9 Å². The lowest BCUT2D eigenvalue weighted by molar-refractivity contribution is -0.0326. The number of alkyl halides is 3. The zero-order valence-corrected chi connectivity index (χ0v) is 10.1. The van der Waals surface area contributed by atoms with E-state index in [9.17, 15) is 21.6 Å². The molecule has 96 valence electrons. The van der Waals surface area contributed by atoms with E-state index in [0.29, 0.717) is 0 Å². The van der Waals surface area contributed by atoms with Crippen LogP contribution in [0, 0.1) is 0 Å². The molecule has 0 saturated carbocycles. The number of hydrogen-bond acceptors (Lipinski definition) is 5. The van der Waals surface area contributed by atoms with E-state index in [1.807, 2.05) is 0 Å². The van der Waals surface area contributed by atoms with Gasteiger partial charge in [0, 0.05) is 11.9 Å². The number of thioether (sulfide) groups is 1. The van der Waals surface area contributed by atoms with Crippen molar-refractivity contribution in [3.8, 4) is 0 Å². The average molecular weight is 286 g/mol. The number of sulfone groups is 1. The topological polar surface area (TPSA) is 73.0 Å². The molecule has 0 fully saturated rings. The van der Waals surface area contributed by atoms with Gasteiger partial charge in [-0.1, -0.05) is 0 Å². The van der Waals surface area contributed by atoms with Gasteiger partial charge in [0.1, 0.15) is 0 Å². The fourth-order valence-corrected chi connectivity index (χ4v) is 3.31. The van der Waals surface area contributed by atoms with Crippen LogP contribution in [0.25, 0.3) is 0 Å². The average Bonchev–Trinajstić information content (AvgIpc) is 2.15. The van der Waals surface area contributed by atoms with Gasteiger partial charge < -0.3 is 5.73 Å². The van der Waals surface area contributed by atoms with Gasteiger partial charge in [0.05, 0.1) is 11.4 Å². The summed E-state index contributed by atoms with van der Waals surface area (Å²) in [6, 6.07) is 2.77. The van der Waals surface area contributed by atoms with E-state index >= 15 is 0 Å². The lowest BCUT2D eigenvalue weighted by Crippen LogP contribution is -2.14. The van der Waals surface area contributed by atoms with Crippen molar-refractivity contribution in [3.63, 3.8) is 0 Å². The van der Waals surface area contributed by atoms with Crippen LogP contribution < -0.4 is 5.73 Å². The van der Waals surface area contributed by atoms with E-state index in [1.165, 1.54) is 18.3 Å². The molecular formula is C8H9F3N2O2S2. The molecule has 1 rings (SSSR count). The van der Waals surface area contributed by atoms with Gasteiger partial charge in [-0.25, -0.2) is 13.4 Å². The lowest BCUT2D eigenvalue weighted by atomic mass is 10.4. The fraction of sp³-hybridized carbons (Fsp3) is 0.375. The Labute approximate surface area is 100 Å². The van der Waals surface area contributed by atoms with E-state index in [-0.39, 0.29) is 22.5 Å². The third-order valence-corrected chi connectivity index (χ3v) is 4.38. The Balaban J connectivity index is 2.74. The highest BCUT2D eigenvalue weighted by Crippen LogP contribution is 2.30. The molecule has 17 heavy (non-hydrogen) atoms. The Hall–Kier alpha value is -0.960. The predicted molar refractivity (Wildman–Crippen MR) is 59.2 cm³/mol. The van der Waals surface area contributed by atoms with Crippen molar-refractivity contribution in [1.29, 1.82) is 0 Å². The number of halogens is 3. The highest BCUT2D eigenvalue weighted by Gasteiger charge is 2.29. The molecule has 1 heterocycles. The normalized spacial score (nSPS) is 12.6. The summed E-state index contributed by atoms with van der Waals surface area (Å²) in [6.07, 6.45) is 1.22. The number of nitrogens with zero attached hydrogens (tertiary/aromatic N) is 1. The molecule has 0 aliphatic carbocycles. The molecule has 1 aromatic rings. The van der Waals surface area contributed by atoms with Gasteiger partial charge in [-0.3, -0.25) is 0 Å². The Morgan fingerprint density at radius 3 is 2.59 bits per heavy atom. The van der Waals surface area contributed by atoms with E-state index in [1.54, 1.807) is 0 Å². The number of nitrogens with two attached hydrogens (primary N) is 1. The number of pyridine rings is 1. The maximum atomic E-state index is 11.8. The Bertz CT molecular complexity index is 488. The molecule has 0 amide bonds. The van der Waals surface area contributed by atoms with Gasteiger partial charge in [-0.2, -0.15) is 13.2 Å². The van der Waals surface area contributed by atoms with Crippen molar-refractivity contribution in [2.45, 2.75) is 10.5 Å². The standard InChI is InChI=1S/C8H9F3N2O2S2/c9-8(10,11)16-4-5-17(14,15)7-6(12)2-1-3-13-7/h1-3H,4-5,12H2. The van der Waals surface area contributed by atoms with E-state index < -0.39 is 26.9 Å². The molecule has 0 atom stereocenters. The molecule has 0 aromatic carbocycles. The molecule has 0 unspecified atom stereocenters. The van der Waals surface area contributed by atoms with Crippen LogP contribution in [-0.4, -0.2) is 30.4 Å². The Morgan fingerprint density at radius 2 is 2.06 bits per heavy atom. The first-order valence-electron chi connectivity index (χ1n) is 4.36. The zero-order chi connectivity index (χ0) is 13.1. The maximum absolute atomic E-state index is 11.8. The molecule has 0 radical (unpaired) electrons. The first-order valence-corrected chi connectivity index (χ1v) is 7.00. The summed E-state index contributed by atoms with van der Waals surface area (Å²) in [5.74, 6) is -1.24. The van der Waals surface area contributed by atoms with Crippen LogP contribution in [-0.2, 0) is 9.84 Å². The number of hydrogen-bond donors (Lipinski definition) is 1. The van der Waals surface area contributed by atoms with Crippen molar-refractivity contribution in [1.82, 2.24) is 4.98 Å². The molecule has 0 saturated heterocycles. The molecule has 0 aliphatic heterocycles. The van der Waals surface area contributed by atoms with Gasteiger partial charge in [-0.05, 0) is 23.9 Å². The van der Waals surface area contributed by atoms with Crippen LogP contribution in [0.15, 0.2) is 23.4 Å². The van der Waals surface area contributed by atoms with Crippen molar-refractivity contribution in [3.05, 3.63) is 18.3 Å². The summed E-state index contributed by atoms with van der Waals surface area (Å²) in [5, 5.41) is -0.372. The summed E-state index contributed by atoms with van der Waals surface area (Å²) in [5.41, 5.74) is 0.889. The number of aromatic nitrogens is 1. The van der Waals surface area contributed by atoms with Crippen LogP contribution in [0.5, 0.6) is 0 Å². The Kier molecular flexibility index (Phi) is 4.26. The Morgan fingerprint density at radius 1 is 1.41 bits per heavy atom. The van der Waals surface area contributed by atoms with Crippen LogP contribution in [0.1, 0.15) is 0 Å². The second-order valence-corrected chi connectivity index (χ2v) is 6.20. The predicted octanol–water partition coefficient (Wildman–Crippen LogP) is 1.69. The molecule has 2 N–H and O–H groups in total. The van der Waals surface area contributed by atoms with Crippen LogP contribution in [0.4, 0.5) is 18.9 Å². The van der Waals surface area contributed by atoms with Crippen molar-refractivity contribution < 1.29 is 21.6 Å². The third-order valence-electron chi connectivity index (χ3n) is 1.71. The zero-order valence-electron chi connectivity index (χ0n) is 8.44. The van der Waals surface area contributed by atoms with E-state index in [2.05, 4.69) is 4.98 Å². The summed E-state index contributed by atoms with van der Waals surface area (Å²) >= 11 is -0.387. The first kappa shape index (κ1) is 14.1. The molecular weight excluding hydrogens is 277 g/mol. The lowest BCUT2D eigenvalue weighted by Gasteiger charge is -2.07. The van der Waals surface area contributed by atoms with Crippen LogP contribution in [0.3, 0.4) is 0 Å². The largest absolute Gasteiger partial charge is 0.441 e. The molecule has 4 nitrogen and oxygen atoms in total. The summed E-state index contributed by atoms with van der Waals surface area (Å²) in [6.45, 7) is 0. The van der Waals surface area contributed by atoms with Crippen LogP contribution in [0.2, 0.25) is 0 Å². The molecule has 0 aliphatic rings.